The Hall–Kier alpha value is -4.02. The summed E-state index contributed by atoms with van der Waals surface area (Å²) in [6.07, 6.45) is 6.10. The molecular weight excluding hydrogens is 587 g/mol. The number of esters is 1. The highest BCUT2D eigenvalue weighted by Crippen LogP contribution is 2.37. The summed E-state index contributed by atoms with van der Waals surface area (Å²) in [5.74, 6) is 1.85. The number of hydrogen-bond donors (Lipinski definition) is 0. The molecule has 0 radical (unpaired) electrons. The molecule has 1 saturated carbocycles. The van der Waals surface area contributed by atoms with Crippen LogP contribution >= 0.6 is 11.6 Å². The van der Waals surface area contributed by atoms with Gasteiger partial charge in [0.1, 0.15) is 23.5 Å². The van der Waals surface area contributed by atoms with Gasteiger partial charge < -0.3 is 23.2 Å². The third kappa shape index (κ3) is 5.76. The number of carbonyl (C=O) groups excluding carboxylic acids is 1. The van der Waals surface area contributed by atoms with Gasteiger partial charge in [-0.2, -0.15) is 4.39 Å². The van der Waals surface area contributed by atoms with Crippen molar-refractivity contribution in [2.45, 2.75) is 63.7 Å². The minimum Gasteiger partial charge on any atom is -0.473 e. The van der Waals surface area contributed by atoms with Crippen LogP contribution in [-0.2, 0) is 29.0 Å². The zero-order valence-corrected chi connectivity index (χ0v) is 25.1. The number of rotatable bonds is 9. The molecule has 1 aromatic carbocycles. The Morgan fingerprint density at radius 3 is 2.68 bits per heavy atom. The molecule has 1 aliphatic heterocycles. The van der Waals surface area contributed by atoms with Crippen molar-refractivity contribution in [2.24, 2.45) is 5.92 Å². The molecule has 0 unspecified atom stereocenters. The summed E-state index contributed by atoms with van der Waals surface area (Å²) in [5, 5.41) is 0.957. The Morgan fingerprint density at radius 1 is 1.07 bits per heavy atom. The van der Waals surface area contributed by atoms with E-state index in [1.54, 1.807) is 18.2 Å². The van der Waals surface area contributed by atoms with Crippen LogP contribution in [0.15, 0.2) is 52.9 Å². The molecule has 5 heterocycles. The Bertz CT molecular complexity index is 1830. The molecule has 2 aliphatic rings. The lowest BCUT2D eigenvalue weighted by molar-refractivity contribution is -0.0591. The number of pyridine rings is 2. The van der Waals surface area contributed by atoms with Crippen molar-refractivity contribution in [3.8, 4) is 5.88 Å². The van der Waals surface area contributed by atoms with Gasteiger partial charge >= 0.3 is 5.97 Å². The molecule has 0 bridgehead atoms. The van der Waals surface area contributed by atoms with E-state index in [-0.39, 0.29) is 18.4 Å². The quantitative estimate of drug-likeness (QED) is 0.162. The second-order valence-corrected chi connectivity index (χ2v) is 12.0. The van der Waals surface area contributed by atoms with Gasteiger partial charge in [-0.05, 0) is 62.3 Å². The van der Waals surface area contributed by atoms with Crippen LogP contribution in [0.2, 0.25) is 5.02 Å². The van der Waals surface area contributed by atoms with Crippen LogP contribution in [0.1, 0.15) is 65.6 Å². The standard InChI is InChI=1S/C33H32ClFN4O5/c1-41-33(40)27-12-11-26-32(38-27)39(17-22-13-14-42-22)29(36-26)15-19-5-7-20(8-6-19)25-3-2-4-30(37-25)43-18-21-9-10-24(34)23-16-28(35)44-31(21)23/h2-4,9-12,16,19-20,22H,5-8,13-15,17-18H2,1H3/t19?,20?,22-/m0/s1. The molecule has 2 fully saturated rings. The monoisotopic (exact) mass is 618 g/mol. The van der Waals surface area contributed by atoms with E-state index in [0.29, 0.717) is 51.5 Å². The van der Waals surface area contributed by atoms with E-state index in [2.05, 4.69) is 15.6 Å². The minimum atomic E-state index is -0.681. The predicted molar refractivity (Wildman–Crippen MR) is 161 cm³/mol. The van der Waals surface area contributed by atoms with Crippen molar-refractivity contribution in [3.63, 3.8) is 0 Å². The lowest BCUT2D eigenvalue weighted by atomic mass is 9.79. The van der Waals surface area contributed by atoms with Crippen molar-refractivity contribution in [3.05, 3.63) is 82.3 Å². The molecule has 7 rings (SSSR count). The van der Waals surface area contributed by atoms with E-state index in [4.69, 9.17) is 40.2 Å². The summed E-state index contributed by atoms with van der Waals surface area (Å²) in [6, 6.07) is 13.5. The first-order valence-electron chi connectivity index (χ1n) is 15.0. The number of carbonyl (C=O) groups is 1. The number of halogens is 2. The van der Waals surface area contributed by atoms with Crippen molar-refractivity contribution < 1.29 is 27.8 Å². The van der Waals surface area contributed by atoms with Gasteiger partial charge in [-0.25, -0.2) is 19.7 Å². The second-order valence-electron chi connectivity index (χ2n) is 11.6. The summed E-state index contributed by atoms with van der Waals surface area (Å²) in [7, 11) is 1.36. The summed E-state index contributed by atoms with van der Waals surface area (Å²) in [5.41, 5.74) is 3.85. The fourth-order valence-corrected chi connectivity index (χ4v) is 6.49. The van der Waals surface area contributed by atoms with Gasteiger partial charge in [0, 0.05) is 47.7 Å². The predicted octanol–water partition coefficient (Wildman–Crippen LogP) is 7.04. The van der Waals surface area contributed by atoms with Gasteiger partial charge in [-0.1, -0.05) is 23.7 Å². The van der Waals surface area contributed by atoms with Gasteiger partial charge in [0.25, 0.3) is 6.01 Å². The molecule has 9 nitrogen and oxygen atoms in total. The van der Waals surface area contributed by atoms with Crippen LogP contribution in [0.25, 0.3) is 22.1 Å². The van der Waals surface area contributed by atoms with Crippen LogP contribution in [0.5, 0.6) is 5.88 Å². The van der Waals surface area contributed by atoms with E-state index >= 15 is 0 Å². The largest absolute Gasteiger partial charge is 0.473 e. The summed E-state index contributed by atoms with van der Waals surface area (Å²) >= 11 is 6.19. The van der Waals surface area contributed by atoms with Crippen molar-refractivity contribution in [1.82, 2.24) is 19.5 Å². The highest BCUT2D eigenvalue weighted by molar-refractivity contribution is 6.35. The smallest absolute Gasteiger partial charge is 0.356 e. The molecule has 11 heteroatoms. The first-order chi connectivity index (χ1) is 21.4. The van der Waals surface area contributed by atoms with Crippen molar-refractivity contribution >= 4 is 39.7 Å². The molecule has 228 valence electrons. The topological polar surface area (TPSA) is 102 Å². The zero-order chi connectivity index (χ0) is 30.2. The molecule has 0 amide bonds. The van der Waals surface area contributed by atoms with Crippen LogP contribution in [-0.4, -0.2) is 45.3 Å². The number of aromatic nitrogens is 4. The second kappa shape index (κ2) is 12.2. The number of methoxy groups -OCH3 is 1. The average molecular weight is 619 g/mol. The maximum Gasteiger partial charge on any atom is 0.356 e. The number of furan rings is 1. The van der Waals surface area contributed by atoms with Crippen LogP contribution in [0, 0.1) is 11.9 Å². The van der Waals surface area contributed by atoms with Crippen LogP contribution < -0.4 is 4.74 Å². The van der Waals surface area contributed by atoms with E-state index in [0.717, 1.165) is 62.2 Å². The Balaban J connectivity index is 1.01. The SMILES string of the molecule is COC(=O)c1ccc2nc(CC3CCC(c4cccc(OCc5ccc(Cl)c6cc(F)oc56)n4)CC3)n(C[C@@H]3CCO3)c2n1. The van der Waals surface area contributed by atoms with Crippen molar-refractivity contribution in [2.75, 3.05) is 13.7 Å². The molecule has 1 atom stereocenters. The molecule has 0 spiro atoms. The van der Waals surface area contributed by atoms with Gasteiger partial charge in [-0.15, -0.1) is 0 Å². The Morgan fingerprint density at radius 2 is 1.91 bits per heavy atom. The third-order valence-electron chi connectivity index (χ3n) is 8.78. The zero-order valence-electron chi connectivity index (χ0n) is 24.3. The lowest BCUT2D eigenvalue weighted by Crippen LogP contribution is -2.32. The average Bonchev–Trinajstić information content (AvgIpc) is 3.58. The van der Waals surface area contributed by atoms with Gasteiger partial charge in [0.2, 0.25) is 5.88 Å². The van der Waals surface area contributed by atoms with Gasteiger partial charge in [0.05, 0.1) is 24.8 Å². The third-order valence-corrected chi connectivity index (χ3v) is 9.11. The van der Waals surface area contributed by atoms with E-state index in [1.165, 1.54) is 13.2 Å². The minimum absolute atomic E-state index is 0.136. The lowest BCUT2D eigenvalue weighted by Gasteiger charge is -2.30. The summed E-state index contributed by atoms with van der Waals surface area (Å²) in [6.45, 7) is 1.63. The molecule has 1 aliphatic carbocycles. The maximum absolute atomic E-state index is 13.7. The van der Waals surface area contributed by atoms with Crippen molar-refractivity contribution in [1.29, 1.82) is 0 Å². The van der Waals surface area contributed by atoms with E-state index in [9.17, 15) is 9.18 Å². The summed E-state index contributed by atoms with van der Waals surface area (Å²) in [4.78, 5) is 26.5. The molecule has 4 aromatic heterocycles. The first kappa shape index (κ1) is 28.7. The molecule has 44 heavy (non-hydrogen) atoms. The fraction of sp³-hybridized carbons (Fsp3) is 0.394. The van der Waals surface area contributed by atoms with E-state index < -0.39 is 12.0 Å². The number of imidazole rings is 1. The molecule has 5 aromatic rings. The maximum atomic E-state index is 13.7. The molecular formula is C33H32ClFN4O5. The Kier molecular flexibility index (Phi) is 7.95. The number of ether oxygens (including phenoxy) is 3. The normalized spacial score (nSPS) is 20.1. The highest BCUT2D eigenvalue weighted by Gasteiger charge is 2.28. The Labute approximate surface area is 258 Å². The number of benzene rings is 1. The number of hydrogen-bond acceptors (Lipinski definition) is 8. The molecule has 0 N–H and O–H groups in total. The first-order valence-corrected chi connectivity index (χ1v) is 15.3. The number of nitrogens with zero attached hydrogens (tertiary/aromatic N) is 4. The highest BCUT2D eigenvalue weighted by atomic mass is 35.5. The molecule has 1 saturated heterocycles. The van der Waals surface area contributed by atoms with Crippen LogP contribution in [0.4, 0.5) is 4.39 Å². The number of fused-ring (bicyclic) bond motifs is 2. The van der Waals surface area contributed by atoms with Gasteiger partial charge in [-0.3, -0.25) is 0 Å². The van der Waals surface area contributed by atoms with E-state index in [1.807, 2.05) is 18.2 Å². The van der Waals surface area contributed by atoms with Gasteiger partial charge in [0.15, 0.2) is 11.3 Å². The fourth-order valence-electron chi connectivity index (χ4n) is 6.29. The van der Waals surface area contributed by atoms with Crippen LogP contribution in [0.3, 0.4) is 0 Å². The summed E-state index contributed by atoms with van der Waals surface area (Å²) < 4.78 is 37.7.